The summed E-state index contributed by atoms with van der Waals surface area (Å²) in [6, 6.07) is 0. The van der Waals surface area contributed by atoms with Gasteiger partial charge in [-0.15, -0.1) is 0 Å². The first-order chi connectivity index (χ1) is 12.3. The second kappa shape index (κ2) is 7.10. The van der Waals surface area contributed by atoms with E-state index in [1.165, 1.54) is 0 Å². The minimum atomic E-state index is -0.342. The fourth-order valence-corrected chi connectivity index (χ4v) is 4.15. The Morgan fingerprint density at radius 2 is 1.85 bits per heavy atom. The van der Waals surface area contributed by atoms with Crippen LogP contribution >= 0.6 is 0 Å². The first kappa shape index (κ1) is 18.4. The first-order valence-corrected chi connectivity index (χ1v) is 9.27. The number of carbonyl (C=O) groups excluding carboxylic acids is 2. The number of allylic oxidation sites excluding steroid dienone is 9. The molecule has 0 aromatic rings. The Morgan fingerprint density at radius 3 is 2.46 bits per heavy atom. The van der Waals surface area contributed by atoms with Crippen molar-refractivity contribution in [1.82, 2.24) is 5.32 Å². The maximum absolute atomic E-state index is 13.1. The summed E-state index contributed by atoms with van der Waals surface area (Å²) in [6.07, 6.45) is 13.3. The molecule has 0 saturated heterocycles. The topological polar surface area (TPSA) is 55.4 Å². The molecule has 0 amide bonds. The van der Waals surface area contributed by atoms with Crippen LogP contribution in [0.3, 0.4) is 0 Å². The van der Waals surface area contributed by atoms with Gasteiger partial charge in [-0.1, -0.05) is 50.3 Å². The molecule has 0 fully saturated rings. The Kier molecular flexibility index (Phi) is 5.03. The van der Waals surface area contributed by atoms with Crippen LogP contribution < -0.4 is 5.32 Å². The Balaban J connectivity index is 2.12. The summed E-state index contributed by atoms with van der Waals surface area (Å²) >= 11 is 0. The summed E-state index contributed by atoms with van der Waals surface area (Å²) < 4.78 is 5.33. The predicted molar refractivity (Wildman–Crippen MR) is 102 cm³/mol. The van der Waals surface area contributed by atoms with Gasteiger partial charge in [0.15, 0.2) is 5.78 Å². The van der Waals surface area contributed by atoms with Crippen LogP contribution in [0.15, 0.2) is 59.0 Å². The number of ketones is 1. The molecule has 0 aromatic heterocycles. The number of dihydropyridines is 1. The van der Waals surface area contributed by atoms with Gasteiger partial charge in [0.2, 0.25) is 0 Å². The monoisotopic (exact) mass is 353 g/mol. The van der Waals surface area contributed by atoms with E-state index in [0.29, 0.717) is 18.6 Å². The zero-order valence-electron chi connectivity index (χ0n) is 16.0. The van der Waals surface area contributed by atoms with Crippen molar-refractivity contribution >= 4 is 11.8 Å². The van der Waals surface area contributed by atoms with Gasteiger partial charge in [-0.2, -0.15) is 0 Å². The van der Waals surface area contributed by atoms with E-state index in [4.69, 9.17) is 4.74 Å². The third-order valence-electron chi connectivity index (χ3n) is 5.16. The van der Waals surface area contributed by atoms with Gasteiger partial charge in [0.25, 0.3) is 0 Å². The van der Waals surface area contributed by atoms with Crippen LogP contribution in [0.5, 0.6) is 0 Å². The lowest BCUT2D eigenvalue weighted by Crippen LogP contribution is -2.41. The van der Waals surface area contributed by atoms with Gasteiger partial charge in [-0.25, -0.2) is 4.79 Å². The highest BCUT2D eigenvalue weighted by atomic mass is 16.5. The van der Waals surface area contributed by atoms with Crippen LogP contribution in [-0.2, 0) is 14.3 Å². The molecular weight excluding hydrogens is 326 g/mol. The third kappa shape index (κ3) is 3.46. The Hall–Kier alpha value is -2.36. The maximum atomic E-state index is 13.1. The van der Waals surface area contributed by atoms with E-state index in [9.17, 15) is 9.59 Å². The minimum absolute atomic E-state index is 0.0587. The highest BCUT2D eigenvalue weighted by Crippen LogP contribution is 2.46. The van der Waals surface area contributed by atoms with Gasteiger partial charge in [-0.3, -0.25) is 4.79 Å². The van der Waals surface area contributed by atoms with Gasteiger partial charge in [0.05, 0.1) is 12.2 Å². The lowest BCUT2D eigenvalue weighted by atomic mass is 9.67. The number of hydrogen-bond donors (Lipinski definition) is 1. The highest BCUT2D eigenvalue weighted by Gasteiger charge is 2.44. The predicted octanol–water partition coefficient (Wildman–Crippen LogP) is 3.98. The molecule has 1 heterocycles. The van der Waals surface area contributed by atoms with Gasteiger partial charge >= 0.3 is 5.97 Å². The lowest BCUT2D eigenvalue weighted by Gasteiger charge is -2.40. The molecule has 26 heavy (non-hydrogen) atoms. The van der Waals surface area contributed by atoms with Crippen molar-refractivity contribution in [1.29, 1.82) is 0 Å². The van der Waals surface area contributed by atoms with Crippen LogP contribution in [0.25, 0.3) is 0 Å². The highest BCUT2D eigenvalue weighted by molar-refractivity contribution is 6.02. The van der Waals surface area contributed by atoms with E-state index in [2.05, 4.69) is 31.3 Å². The second-order valence-corrected chi connectivity index (χ2v) is 7.93. The molecule has 0 aromatic carbocycles. The van der Waals surface area contributed by atoms with E-state index in [1.807, 2.05) is 31.2 Å². The lowest BCUT2D eigenvalue weighted by molar-refractivity contribution is -0.139. The van der Waals surface area contributed by atoms with Crippen LogP contribution in [0.4, 0.5) is 0 Å². The standard InChI is InChI=1S/C22H27NO3/c1-5-26-21(25)18-14(2)23-16-12-22(3,4)13-17(24)20(16)19(18)15-10-8-6-7-9-11-15/h6-11,15,19,23H,5,12-13H2,1-4H3. The molecule has 1 aliphatic heterocycles. The molecule has 1 N–H and O–H groups in total. The molecule has 1 atom stereocenters. The Bertz CT molecular complexity index is 761. The number of rotatable bonds is 3. The normalized spacial score (nSPS) is 25.1. The third-order valence-corrected chi connectivity index (χ3v) is 5.16. The molecule has 3 aliphatic rings. The number of esters is 1. The van der Waals surface area contributed by atoms with Crippen molar-refractivity contribution < 1.29 is 14.3 Å². The Labute approximate surface area is 155 Å². The van der Waals surface area contributed by atoms with Crippen molar-refractivity contribution in [2.75, 3.05) is 6.61 Å². The number of ether oxygens (including phenoxy) is 1. The summed E-state index contributed by atoms with van der Waals surface area (Å²) in [6.45, 7) is 8.24. The number of nitrogens with one attached hydrogen (secondary N) is 1. The fraction of sp³-hybridized carbons (Fsp3) is 0.455. The number of carbonyl (C=O) groups is 2. The van der Waals surface area contributed by atoms with Gasteiger partial charge in [-0.05, 0) is 25.7 Å². The summed E-state index contributed by atoms with van der Waals surface area (Å²) in [5.41, 5.74) is 2.99. The molecule has 0 spiro atoms. The molecule has 4 nitrogen and oxygen atoms in total. The first-order valence-electron chi connectivity index (χ1n) is 9.27. The average Bonchev–Trinajstić information content (AvgIpc) is 2.81. The summed E-state index contributed by atoms with van der Waals surface area (Å²) in [4.78, 5) is 25.8. The summed E-state index contributed by atoms with van der Waals surface area (Å²) in [5, 5.41) is 3.35. The van der Waals surface area contributed by atoms with E-state index in [1.54, 1.807) is 6.92 Å². The summed E-state index contributed by atoms with van der Waals surface area (Å²) in [5.74, 6) is -0.578. The number of hydrogen-bond acceptors (Lipinski definition) is 4. The largest absolute Gasteiger partial charge is 0.463 e. The SMILES string of the molecule is CCOC(=O)C1=C(C)NC2=C(C(=O)CC(C)(C)C2)C1C1C=CC=CC=C1. The maximum Gasteiger partial charge on any atom is 0.336 e. The van der Waals surface area contributed by atoms with Crippen molar-refractivity contribution in [2.24, 2.45) is 17.3 Å². The van der Waals surface area contributed by atoms with Crippen LogP contribution in [0.1, 0.15) is 40.5 Å². The van der Waals surface area contributed by atoms with E-state index in [0.717, 1.165) is 23.4 Å². The number of Topliss-reactive ketones (excluding diaryl/α,β-unsaturated/α-hetero) is 1. The van der Waals surface area contributed by atoms with Crippen molar-refractivity contribution in [3.8, 4) is 0 Å². The molecule has 138 valence electrons. The van der Waals surface area contributed by atoms with E-state index >= 15 is 0 Å². The summed E-state index contributed by atoms with van der Waals surface area (Å²) in [7, 11) is 0. The van der Waals surface area contributed by atoms with Crippen LogP contribution in [0, 0.1) is 17.3 Å². The molecule has 2 aliphatic carbocycles. The van der Waals surface area contributed by atoms with E-state index in [-0.39, 0.29) is 29.0 Å². The molecule has 4 heteroatoms. The van der Waals surface area contributed by atoms with Crippen LogP contribution in [0.2, 0.25) is 0 Å². The molecule has 0 radical (unpaired) electrons. The van der Waals surface area contributed by atoms with Crippen molar-refractivity contribution in [3.05, 3.63) is 59.0 Å². The molecule has 0 bridgehead atoms. The molecule has 3 rings (SSSR count). The zero-order valence-corrected chi connectivity index (χ0v) is 16.0. The quantitative estimate of drug-likeness (QED) is 0.780. The van der Waals surface area contributed by atoms with Crippen LogP contribution in [-0.4, -0.2) is 18.4 Å². The Morgan fingerprint density at radius 1 is 1.19 bits per heavy atom. The second-order valence-electron chi connectivity index (χ2n) is 7.93. The molecule has 1 unspecified atom stereocenters. The van der Waals surface area contributed by atoms with Gasteiger partial charge < -0.3 is 10.1 Å². The fourth-order valence-electron chi connectivity index (χ4n) is 4.15. The molecule has 0 saturated carbocycles. The van der Waals surface area contributed by atoms with Gasteiger partial charge in [0, 0.05) is 35.2 Å². The average molecular weight is 353 g/mol. The van der Waals surface area contributed by atoms with Crippen molar-refractivity contribution in [3.63, 3.8) is 0 Å². The zero-order chi connectivity index (χ0) is 18.9. The molecular formula is C22H27NO3. The minimum Gasteiger partial charge on any atom is -0.463 e. The van der Waals surface area contributed by atoms with Crippen molar-refractivity contribution in [2.45, 2.75) is 40.5 Å². The smallest absolute Gasteiger partial charge is 0.336 e. The van der Waals surface area contributed by atoms with Gasteiger partial charge in [0.1, 0.15) is 0 Å². The van der Waals surface area contributed by atoms with E-state index < -0.39 is 0 Å².